The highest BCUT2D eigenvalue weighted by Gasteiger charge is 2.17. The van der Waals surface area contributed by atoms with Gasteiger partial charge in [0, 0.05) is 36.1 Å². The fourth-order valence-corrected chi connectivity index (χ4v) is 4.47. The molecule has 1 aromatic heterocycles. The summed E-state index contributed by atoms with van der Waals surface area (Å²) in [6, 6.07) is 25.0. The molecule has 1 N–H and O–H groups in total. The molecule has 0 saturated heterocycles. The van der Waals surface area contributed by atoms with Gasteiger partial charge in [-0.2, -0.15) is 0 Å². The van der Waals surface area contributed by atoms with Crippen LogP contribution < -0.4 is 15.0 Å². The Hall–Kier alpha value is -4.23. The quantitative estimate of drug-likeness (QED) is 0.308. The van der Waals surface area contributed by atoms with Gasteiger partial charge in [-0.25, -0.2) is 4.98 Å². The Bertz CT molecular complexity index is 1330. The number of benzene rings is 3. The van der Waals surface area contributed by atoms with Gasteiger partial charge in [-0.05, 0) is 42.0 Å². The van der Waals surface area contributed by atoms with Crippen molar-refractivity contribution < 1.29 is 14.3 Å². The topological polar surface area (TPSA) is 71.5 Å². The molecule has 6 nitrogen and oxygen atoms in total. The maximum Gasteiger partial charge on any atom is 0.248 e. The van der Waals surface area contributed by atoms with Gasteiger partial charge in [-0.15, -0.1) is 11.3 Å². The number of amides is 2. The summed E-state index contributed by atoms with van der Waals surface area (Å²) in [6.07, 6.45) is 3.76. The molecule has 0 fully saturated rings. The molecule has 7 heteroatoms. The van der Waals surface area contributed by atoms with E-state index in [0.717, 1.165) is 22.6 Å². The first-order valence-electron chi connectivity index (χ1n) is 11.0. The van der Waals surface area contributed by atoms with Gasteiger partial charge in [0.25, 0.3) is 0 Å². The third kappa shape index (κ3) is 6.22. The van der Waals surface area contributed by atoms with Crippen LogP contribution in [0, 0.1) is 0 Å². The molecule has 0 spiro atoms. The Labute approximate surface area is 208 Å². The Kier molecular flexibility index (Phi) is 7.70. The van der Waals surface area contributed by atoms with E-state index >= 15 is 0 Å². The van der Waals surface area contributed by atoms with Crippen molar-refractivity contribution in [1.82, 2.24) is 4.98 Å². The van der Waals surface area contributed by atoms with Crippen molar-refractivity contribution in [2.45, 2.75) is 13.3 Å². The van der Waals surface area contributed by atoms with Crippen molar-refractivity contribution in [3.8, 4) is 5.75 Å². The average molecular weight is 484 g/mol. The summed E-state index contributed by atoms with van der Waals surface area (Å²) in [6.45, 7) is 1.50. The maximum absolute atomic E-state index is 12.6. The number of carbonyl (C=O) groups is 2. The Morgan fingerprint density at radius 3 is 2.43 bits per heavy atom. The molecule has 3 aromatic carbocycles. The monoisotopic (exact) mass is 483 g/mol. The summed E-state index contributed by atoms with van der Waals surface area (Å²) in [5.74, 6) is 0.359. The number of para-hydroxylation sites is 1. The third-order valence-corrected chi connectivity index (χ3v) is 6.07. The number of ether oxygens (including phenoxy) is 1. The zero-order chi connectivity index (χ0) is 24.6. The fourth-order valence-electron chi connectivity index (χ4n) is 3.61. The van der Waals surface area contributed by atoms with Crippen LogP contribution in [0.3, 0.4) is 0 Å². The van der Waals surface area contributed by atoms with Crippen LogP contribution in [0.2, 0.25) is 0 Å². The molecule has 0 saturated carbocycles. The first kappa shape index (κ1) is 23.9. The summed E-state index contributed by atoms with van der Waals surface area (Å²) in [4.78, 5) is 30.8. The van der Waals surface area contributed by atoms with Crippen LogP contribution in [-0.4, -0.2) is 23.9 Å². The lowest BCUT2D eigenvalue weighted by Crippen LogP contribution is -2.22. The van der Waals surface area contributed by atoms with Crippen LogP contribution in [0.15, 0.2) is 90.3 Å². The van der Waals surface area contributed by atoms with E-state index in [9.17, 15) is 9.59 Å². The second-order valence-corrected chi connectivity index (χ2v) is 8.59. The van der Waals surface area contributed by atoms with Crippen molar-refractivity contribution in [3.05, 3.63) is 107 Å². The molecule has 0 radical (unpaired) electrons. The van der Waals surface area contributed by atoms with Gasteiger partial charge >= 0.3 is 0 Å². The normalized spacial score (nSPS) is 10.8. The highest BCUT2D eigenvalue weighted by Crippen LogP contribution is 2.29. The highest BCUT2D eigenvalue weighted by molar-refractivity contribution is 7.14. The predicted octanol–water partition coefficient (Wildman–Crippen LogP) is 6.08. The minimum absolute atomic E-state index is 0.135. The van der Waals surface area contributed by atoms with E-state index < -0.39 is 0 Å². The number of anilines is 3. The minimum atomic E-state index is -0.276. The zero-order valence-corrected chi connectivity index (χ0v) is 20.3. The molecule has 0 aliphatic rings. The number of hydrogen-bond donors (Lipinski definition) is 1. The van der Waals surface area contributed by atoms with E-state index in [-0.39, 0.29) is 11.8 Å². The molecule has 0 aliphatic carbocycles. The standard InChI is InChI=1S/C28H25N3O3S/c1-20(32)31(25-11-7-4-8-12-25)28-30-24(19-35-28)14-16-27(33)29-23-13-15-26(34-2)22(18-23)17-21-9-5-3-6-10-21/h3-16,18-19H,17H2,1-2H3,(H,29,33)/b16-14+. The van der Waals surface area contributed by atoms with Crippen molar-refractivity contribution in [1.29, 1.82) is 0 Å². The molecule has 2 amide bonds. The minimum Gasteiger partial charge on any atom is -0.496 e. The predicted molar refractivity (Wildman–Crippen MR) is 141 cm³/mol. The number of carbonyl (C=O) groups excluding carboxylic acids is 2. The van der Waals surface area contributed by atoms with E-state index in [1.165, 1.54) is 24.3 Å². The van der Waals surface area contributed by atoms with Gasteiger partial charge in [-0.3, -0.25) is 14.5 Å². The van der Waals surface area contributed by atoms with Crippen LogP contribution in [0.5, 0.6) is 5.75 Å². The molecular weight excluding hydrogens is 458 g/mol. The highest BCUT2D eigenvalue weighted by atomic mass is 32.1. The largest absolute Gasteiger partial charge is 0.496 e. The van der Waals surface area contributed by atoms with Crippen LogP contribution in [0.1, 0.15) is 23.7 Å². The summed E-state index contributed by atoms with van der Waals surface area (Å²) < 4.78 is 5.49. The molecule has 4 rings (SSSR count). The summed E-state index contributed by atoms with van der Waals surface area (Å²) in [5.41, 5.74) is 4.16. The molecule has 35 heavy (non-hydrogen) atoms. The lowest BCUT2D eigenvalue weighted by atomic mass is 10.0. The smallest absolute Gasteiger partial charge is 0.248 e. The number of rotatable bonds is 8. The number of thiazole rings is 1. The third-order valence-electron chi connectivity index (χ3n) is 5.22. The molecule has 1 heterocycles. The molecule has 0 unspecified atom stereocenters. The van der Waals surface area contributed by atoms with Gasteiger partial charge < -0.3 is 10.1 Å². The first-order chi connectivity index (χ1) is 17.0. The van der Waals surface area contributed by atoms with Crippen molar-refractivity contribution >= 4 is 45.7 Å². The molecule has 4 aromatic rings. The number of nitrogens with zero attached hydrogens (tertiary/aromatic N) is 2. The number of aromatic nitrogens is 1. The van der Waals surface area contributed by atoms with Gasteiger partial charge in [0.15, 0.2) is 5.13 Å². The van der Waals surface area contributed by atoms with E-state index in [4.69, 9.17) is 4.74 Å². The average Bonchev–Trinajstić information content (AvgIpc) is 3.32. The zero-order valence-electron chi connectivity index (χ0n) is 19.5. The molecular formula is C28H25N3O3S. The fraction of sp³-hybridized carbons (Fsp3) is 0.107. The van der Waals surface area contributed by atoms with Crippen molar-refractivity contribution in [3.63, 3.8) is 0 Å². The summed E-state index contributed by atoms with van der Waals surface area (Å²) in [7, 11) is 1.64. The van der Waals surface area contributed by atoms with E-state index in [1.54, 1.807) is 18.1 Å². The number of hydrogen-bond acceptors (Lipinski definition) is 5. The van der Waals surface area contributed by atoms with Crippen LogP contribution in [0.25, 0.3) is 6.08 Å². The molecule has 0 aliphatic heterocycles. The Morgan fingerprint density at radius 2 is 1.74 bits per heavy atom. The number of methoxy groups -OCH3 is 1. The van der Waals surface area contributed by atoms with E-state index in [0.29, 0.717) is 22.9 Å². The second-order valence-electron chi connectivity index (χ2n) is 7.76. The van der Waals surface area contributed by atoms with E-state index in [1.807, 2.05) is 72.1 Å². The molecule has 0 atom stereocenters. The molecule has 0 bridgehead atoms. The SMILES string of the molecule is COc1ccc(NC(=O)/C=C/c2csc(N(C(C)=O)c3ccccc3)n2)cc1Cc1ccccc1. The van der Waals surface area contributed by atoms with Crippen LogP contribution in [0.4, 0.5) is 16.5 Å². The Balaban J connectivity index is 1.45. The lowest BCUT2D eigenvalue weighted by molar-refractivity contribution is -0.116. The van der Waals surface area contributed by atoms with E-state index in [2.05, 4.69) is 22.4 Å². The van der Waals surface area contributed by atoms with Gasteiger partial charge in [0.2, 0.25) is 11.8 Å². The van der Waals surface area contributed by atoms with Gasteiger partial charge in [-0.1, -0.05) is 48.5 Å². The van der Waals surface area contributed by atoms with Crippen molar-refractivity contribution in [2.24, 2.45) is 0 Å². The Morgan fingerprint density at radius 1 is 1.03 bits per heavy atom. The van der Waals surface area contributed by atoms with Crippen LogP contribution in [-0.2, 0) is 16.0 Å². The van der Waals surface area contributed by atoms with Crippen LogP contribution >= 0.6 is 11.3 Å². The van der Waals surface area contributed by atoms with Gasteiger partial charge in [0.05, 0.1) is 18.5 Å². The maximum atomic E-state index is 12.6. The summed E-state index contributed by atoms with van der Waals surface area (Å²) >= 11 is 1.34. The second kappa shape index (κ2) is 11.3. The summed E-state index contributed by atoms with van der Waals surface area (Å²) in [5, 5.41) is 5.25. The number of nitrogens with one attached hydrogen (secondary N) is 1. The van der Waals surface area contributed by atoms with Crippen molar-refractivity contribution in [2.75, 3.05) is 17.3 Å². The first-order valence-corrected chi connectivity index (χ1v) is 11.9. The lowest BCUT2D eigenvalue weighted by Gasteiger charge is -2.17. The van der Waals surface area contributed by atoms with Gasteiger partial charge in [0.1, 0.15) is 5.75 Å². The molecule has 176 valence electrons.